The van der Waals surface area contributed by atoms with Crippen molar-refractivity contribution in [3.8, 4) is 0 Å². The minimum atomic E-state index is -1.86. The van der Waals surface area contributed by atoms with E-state index in [4.69, 9.17) is 5.21 Å². The molecule has 0 radical (unpaired) electrons. The third-order valence-corrected chi connectivity index (χ3v) is 1.29. The zero-order valence-electron chi connectivity index (χ0n) is 5.59. The number of rotatable bonds is 2. The lowest BCUT2D eigenvalue weighted by molar-refractivity contribution is 0.0571. The van der Waals surface area contributed by atoms with Gasteiger partial charge < -0.3 is 5.21 Å². The van der Waals surface area contributed by atoms with Gasteiger partial charge in [-0.2, -0.15) is 5.48 Å². The van der Waals surface area contributed by atoms with Crippen molar-refractivity contribution in [2.75, 3.05) is 0 Å². The van der Waals surface area contributed by atoms with Gasteiger partial charge in [0.15, 0.2) is 0 Å². The topological polar surface area (TPSA) is 32.3 Å². The van der Waals surface area contributed by atoms with E-state index in [-0.39, 0.29) is 5.56 Å². The van der Waals surface area contributed by atoms with Gasteiger partial charge in [-0.1, -0.05) is 18.2 Å². The molecule has 0 aliphatic rings. The lowest BCUT2D eigenvalue weighted by Crippen LogP contribution is -2.13. The van der Waals surface area contributed by atoms with Crippen molar-refractivity contribution in [2.24, 2.45) is 0 Å². The number of nitrogens with one attached hydrogen (secondary N) is 1. The molecule has 1 aromatic carbocycles. The number of hydrogen-bond acceptors (Lipinski definition) is 2. The first-order chi connectivity index (χ1) is 5.25. The largest absolute Gasteiger partial charge is 0.314 e. The molecule has 60 valence electrons. The molecule has 0 saturated carbocycles. The molecule has 0 heterocycles. The molecule has 0 fully saturated rings. The summed E-state index contributed by atoms with van der Waals surface area (Å²) < 4.78 is 25.2. The quantitative estimate of drug-likeness (QED) is 0.509. The first-order valence-electron chi connectivity index (χ1n) is 3.04. The highest BCUT2D eigenvalue weighted by atomic mass is 19.1. The number of alkyl halides is 1. The van der Waals surface area contributed by atoms with E-state index < -0.39 is 12.1 Å². The van der Waals surface area contributed by atoms with Crippen LogP contribution in [0.3, 0.4) is 0 Å². The molecule has 0 aliphatic heterocycles. The lowest BCUT2D eigenvalue weighted by atomic mass is 10.2. The predicted molar refractivity (Wildman–Crippen MR) is 35.2 cm³/mol. The van der Waals surface area contributed by atoms with Crippen LogP contribution >= 0.6 is 0 Å². The fourth-order valence-electron chi connectivity index (χ4n) is 0.750. The maximum absolute atomic E-state index is 12.6. The van der Waals surface area contributed by atoms with E-state index in [1.165, 1.54) is 23.7 Å². The van der Waals surface area contributed by atoms with Gasteiger partial charge in [0.1, 0.15) is 5.82 Å². The summed E-state index contributed by atoms with van der Waals surface area (Å²) in [5, 5.41) is 8.12. The Morgan fingerprint density at radius 1 is 1.36 bits per heavy atom. The fraction of sp³-hybridized carbons (Fsp3) is 0.143. The van der Waals surface area contributed by atoms with E-state index in [2.05, 4.69) is 0 Å². The van der Waals surface area contributed by atoms with E-state index in [0.717, 1.165) is 6.07 Å². The Morgan fingerprint density at radius 3 is 2.55 bits per heavy atom. The van der Waals surface area contributed by atoms with Crippen molar-refractivity contribution in [3.05, 3.63) is 35.6 Å². The van der Waals surface area contributed by atoms with Crippen LogP contribution in [0.25, 0.3) is 0 Å². The van der Waals surface area contributed by atoms with Gasteiger partial charge in [0, 0.05) is 5.56 Å². The van der Waals surface area contributed by atoms with Crippen LogP contribution in [0.1, 0.15) is 11.9 Å². The van der Waals surface area contributed by atoms with Gasteiger partial charge in [0.05, 0.1) is 0 Å². The monoisotopic (exact) mass is 159 g/mol. The molecule has 0 spiro atoms. The molecule has 4 heteroatoms. The van der Waals surface area contributed by atoms with Crippen molar-refractivity contribution in [1.82, 2.24) is 5.48 Å². The van der Waals surface area contributed by atoms with E-state index in [9.17, 15) is 8.78 Å². The zero-order valence-corrected chi connectivity index (χ0v) is 5.59. The van der Waals surface area contributed by atoms with Gasteiger partial charge in [-0.25, -0.2) is 8.78 Å². The minimum Gasteiger partial charge on any atom is -0.314 e. The highest BCUT2D eigenvalue weighted by molar-refractivity contribution is 5.18. The van der Waals surface area contributed by atoms with Gasteiger partial charge in [0.2, 0.25) is 6.30 Å². The second kappa shape index (κ2) is 3.41. The predicted octanol–water partition coefficient (Wildman–Crippen LogP) is 1.77. The maximum atomic E-state index is 12.6. The van der Waals surface area contributed by atoms with Crippen LogP contribution in [0.5, 0.6) is 0 Å². The summed E-state index contributed by atoms with van der Waals surface area (Å²) in [7, 11) is 0. The molecule has 2 nitrogen and oxygen atoms in total. The third-order valence-electron chi connectivity index (χ3n) is 1.29. The van der Waals surface area contributed by atoms with Crippen molar-refractivity contribution >= 4 is 0 Å². The molecule has 11 heavy (non-hydrogen) atoms. The molecule has 1 aromatic rings. The van der Waals surface area contributed by atoms with Crippen LogP contribution in [0.4, 0.5) is 8.78 Å². The van der Waals surface area contributed by atoms with E-state index in [1.54, 1.807) is 0 Å². The molecule has 1 atom stereocenters. The van der Waals surface area contributed by atoms with Crippen molar-refractivity contribution in [2.45, 2.75) is 6.30 Å². The normalized spacial score (nSPS) is 13.0. The number of hydrogen-bond donors (Lipinski definition) is 2. The van der Waals surface area contributed by atoms with Gasteiger partial charge in [0.25, 0.3) is 0 Å². The van der Waals surface area contributed by atoms with Crippen LogP contribution in [0.15, 0.2) is 24.3 Å². The van der Waals surface area contributed by atoms with Crippen molar-refractivity contribution in [1.29, 1.82) is 0 Å². The molecule has 1 rings (SSSR count). The summed E-state index contributed by atoms with van der Waals surface area (Å²) >= 11 is 0. The van der Waals surface area contributed by atoms with E-state index in [1.807, 2.05) is 0 Å². The second-order valence-corrected chi connectivity index (χ2v) is 2.01. The standard InChI is InChI=1S/C7H7F2NO/c8-6-4-2-1-3-5(6)7(9)10-11/h1-4,7,10-11H. The molecule has 0 bridgehead atoms. The molecule has 0 aliphatic carbocycles. The molecule has 0 amide bonds. The molecular weight excluding hydrogens is 152 g/mol. The number of benzene rings is 1. The highest BCUT2D eigenvalue weighted by Gasteiger charge is 2.11. The first kappa shape index (κ1) is 8.10. The van der Waals surface area contributed by atoms with Crippen LogP contribution in [0, 0.1) is 5.82 Å². The van der Waals surface area contributed by atoms with E-state index >= 15 is 0 Å². The van der Waals surface area contributed by atoms with Gasteiger partial charge >= 0.3 is 0 Å². The Kier molecular flexibility index (Phi) is 2.51. The molecular formula is C7H7F2NO. The Labute approximate surface area is 62.4 Å². The Bertz CT molecular complexity index is 242. The summed E-state index contributed by atoms with van der Waals surface area (Å²) in [6, 6.07) is 5.31. The van der Waals surface area contributed by atoms with Gasteiger partial charge in [-0.15, -0.1) is 0 Å². The summed E-state index contributed by atoms with van der Waals surface area (Å²) in [4.78, 5) is 0. The average molecular weight is 159 g/mol. The van der Waals surface area contributed by atoms with E-state index in [0.29, 0.717) is 0 Å². The van der Waals surface area contributed by atoms with Crippen LogP contribution in [-0.4, -0.2) is 5.21 Å². The highest BCUT2D eigenvalue weighted by Crippen LogP contribution is 2.16. The van der Waals surface area contributed by atoms with Crippen molar-refractivity contribution in [3.63, 3.8) is 0 Å². The lowest BCUT2D eigenvalue weighted by Gasteiger charge is -2.05. The summed E-state index contributed by atoms with van der Waals surface area (Å²) in [5.74, 6) is -0.679. The average Bonchev–Trinajstić information content (AvgIpc) is 2.04. The van der Waals surface area contributed by atoms with Crippen LogP contribution in [0.2, 0.25) is 0 Å². The number of hydroxylamine groups is 1. The summed E-state index contributed by atoms with van der Waals surface area (Å²) in [5.41, 5.74) is 1.12. The van der Waals surface area contributed by atoms with Crippen molar-refractivity contribution < 1.29 is 14.0 Å². The Morgan fingerprint density at radius 2 is 2.00 bits per heavy atom. The SMILES string of the molecule is ONC(F)c1ccccc1F. The molecule has 2 N–H and O–H groups in total. The Hall–Kier alpha value is -1.00. The second-order valence-electron chi connectivity index (χ2n) is 2.01. The third kappa shape index (κ3) is 1.72. The Balaban J connectivity index is 2.93. The molecule has 1 unspecified atom stereocenters. The summed E-state index contributed by atoms with van der Waals surface area (Å²) in [6.07, 6.45) is -1.86. The van der Waals surface area contributed by atoms with Gasteiger partial charge in [-0.05, 0) is 6.07 Å². The zero-order chi connectivity index (χ0) is 8.27. The van der Waals surface area contributed by atoms with Gasteiger partial charge in [-0.3, -0.25) is 0 Å². The maximum Gasteiger partial charge on any atom is 0.200 e. The minimum absolute atomic E-state index is 0.199. The molecule has 0 aromatic heterocycles. The summed E-state index contributed by atoms with van der Waals surface area (Å²) in [6.45, 7) is 0. The smallest absolute Gasteiger partial charge is 0.200 e. The number of halogens is 2. The van der Waals surface area contributed by atoms with Crippen LogP contribution in [-0.2, 0) is 0 Å². The first-order valence-corrected chi connectivity index (χ1v) is 3.04. The fourth-order valence-corrected chi connectivity index (χ4v) is 0.750. The van der Waals surface area contributed by atoms with Crippen LogP contribution < -0.4 is 5.48 Å². The molecule has 0 saturated heterocycles.